The first-order valence-corrected chi connectivity index (χ1v) is 4.84. The highest BCUT2D eigenvalue weighted by Gasteiger charge is 2.09. The van der Waals surface area contributed by atoms with E-state index in [1.807, 2.05) is 13.8 Å². The lowest BCUT2D eigenvalue weighted by Gasteiger charge is -2.08. The zero-order valence-corrected chi connectivity index (χ0v) is 9.21. The maximum Gasteiger partial charge on any atom is 0.128 e. The summed E-state index contributed by atoms with van der Waals surface area (Å²) >= 11 is 8.95. The lowest BCUT2D eigenvalue weighted by Crippen LogP contribution is -1.92. The number of benzene rings is 1. The van der Waals surface area contributed by atoms with Gasteiger partial charge in [0.1, 0.15) is 5.82 Å². The Morgan fingerprint density at radius 1 is 1.42 bits per heavy atom. The molecule has 0 aliphatic rings. The Bertz CT molecular complexity index is 297. The predicted octanol–water partition coefficient (Wildman–Crippen LogP) is 4.37. The molecule has 0 bridgehead atoms. The second-order valence-corrected chi connectivity index (χ2v) is 4.20. The van der Waals surface area contributed by atoms with E-state index >= 15 is 0 Å². The lowest BCUT2D eigenvalue weighted by molar-refractivity contribution is 0.598. The summed E-state index contributed by atoms with van der Waals surface area (Å²) in [5.74, 6) is -0.0585. The van der Waals surface area contributed by atoms with Crippen LogP contribution in [0.1, 0.15) is 25.3 Å². The molecule has 0 N–H and O–H groups in total. The zero-order valence-electron chi connectivity index (χ0n) is 6.87. The summed E-state index contributed by atoms with van der Waals surface area (Å²) in [5, 5.41) is 0.414. The highest BCUT2D eigenvalue weighted by Crippen LogP contribution is 2.29. The Balaban J connectivity index is 3.23. The predicted molar refractivity (Wildman–Crippen MR) is 53.2 cm³/mol. The van der Waals surface area contributed by atoms with Gasteiger partial charge in [-0.1, -0.05) is 25.4 Å². The summed E-state index contributed by atoms with van der Waals surface area (Å²) in [7, 11) is 0. The molecule has 0 aliphatic carbocycles. The second kappa shape index (κ2) is 3.75. The van der Waals surface area contributed by atoms with Crippen LogP contribution in [0.5, 0.6) is 0 Å². The third-order valence-electron chi connectivity index (χ3n) is 1.66. The minimum absolute atomic E-state index is 0.179. The standard InChI is InChI=1S/C9H9BrClF/c1-5(2)6-3-7(10)8(11)4-9(6)12/h3-5H,1-2H3. The summed E-state index contributed by atoms with van der Waals surface area (Å²) in [4.78, 5) is 0. The highest BCUT2D eigenvalue weighted by molar-refractivity contribution is 9.10. The van der Waals surface area contributed by atoms with Crippen LogP contribution < -0.4 is 0 Å². The average Bonchev–Trinajstić information content (AvgIpc) is 1.96. The Morgan fingerprint density at radius 3 is 2.50 bits per heavy atom. The molecule has 1 aromatic carbocycles. The maximum atomic E-state index is 13.2. The molecule has 66 valence electrons. The van der Waals surface area contributed by atoms with Crippen LogP contribution in [0.3, 0.4) is 0 Å². The molecule has 0 aliphatic heterocycles. The van der Waals surface area contributed by atoms with Crippen molar-refractivity contribution >= 4 is 27.5 Å². The van der Waals surface area contributed by atoms with E-state index < -0.39 is 0 Å². The van der Waals surface area contributed by atoms with Crippen LogP contribution >= 0.6 is 27.5 Å². The van der Waals surface area contributed by atoms with Crippen molar-refractivity contribution in [2.45, 2.75) is 19.8 Å². The van der Waals surface area contributed by atoms with E-state index in [0.29, 0.717) is 10.6 Å². The van der Waals surface area contributed by atoms with Crippen molar-refractivity contribution in [1.29, 1.82) is 0 Å². The summed E-state index contributed by atoms with van der Waals surface area (Å²) in [6.07, 6.45) is 0. The third-order valence-corrected chi connectivity index (χ3v) is 2.86. The quantitative estimate of drug-likeness (QED) is 0.650. The van der Waals surface area contributed by atoms with Crippen LogP contribution in [0.25, 0.3) is 0 Å². The van der Waals surface area contributed by atoms with Crippen LogP contribution in [-0.4, -0.2) is 0 Å². The maximum absolute atomic E-state index is 13.2. The molecular formula is C9H9BrClF. The molecule has 0 nitrogen and oxygen atoms in total. The fourth-order valence-corrected chi connectivity index (χ4v) is 1.49. The molecule has 0 aromatic heterocycles. The van der Waals surface area contributed by atoms with Crippen LogP contribution in [0, 0.1) is 5.82 Å². The van der Waals surface area contributed by atoms with Gasteiger partial charge in [-0.3, -0.25) is 0 Å². The minimum atomic E-state index is -0.238. The van der Waals surface area contributed by atoms with E-state index in [1.165, 1.54) is 6.07 Å². The molecule has 0 unspecified atom stereocenters. The van der Waals surface area contributed by atoms with Gasteiger partial charge in [-0.05, 0) is 39.5 Å². The zero-order chi connectivity index (χ0) is 9.30. The number of hydrogen-bond donors (Lipinski definition) is 0. The van der Waals surface area contributed by atoms with Crippen molar-refractivity contribution in [2.75, 3.05) is 0 Å². The van der Waals surface area contributed by atoms with Crippen LogP contribution in [0.15, 0.2) is 16.6 Å². The molecule has 0 radical (unpaired) electrons. The minimum Gasteiger partial charge on any atom is -0.207 e. The average molecular weight is 252 g/mol. The van der Waals surface area contributed by atoms with E-state index in [9.17, 15) is 4.39 Å². The molecule has 0 atom stereocenters. The molecule has 0 heterocycles. The van der Waals surface area contributed by atoms with E-state index in [2.05, 4.69) is 15.9 Å². The molecule has 3 heteroatoms. The molecule has 0 saturated carbocycles. The van der Waals surface area contributed by atoms with Crippen molar-refractivity contribution in [3.63, 3.8) is 0 Å². The molecule has 0 amide bonds. The Kier molecular flexibility index (Phi) is 3.13. The van der Waals surface area contributed by atoms with Gasteiger partial charge in [0.05, 0.1) is 5.02 Å². The SMILES string of the molecule is CC(C)c1cc(Br)c(Cl)cc1F. The van der Waals surface area contributed by atoms with Crippen molar-refractivity contribution in [3.05, 3.63) is 33.0 Å². The van der Waals surface area contributed by atoms with Gasteiger partial charge in [0.2, 0.25) is 0 Å². The first kappa shape index (κ1) is 10.0. The van der Waals surface area contributed by atoms with E-state index in [1.54, 1.807) is 6.07 Å². The Hall–Kier alpha value is -0.0800. The van der Waals surface area contributed by atoms with Crippen molar-refractivity contribution in [2.24, 2.45) is 0 Å². The molecular weight excluding hydrogens is 242 g/mol. The van der Waals surface area contributed by atoms with E-state index in [0.717, 1.165) is 4.47 Å². The van der Waals surface area contributed by atoms with Crippen LogP contribution in [-0.2, 0) is 0 Å². The fraction of sp³-hybridized carbons (Fsp3) is 0.333. The van der Waals surface area contributed by atoms with Crippen molar-refractivity contribution in [3.8, 4) is 0 Å². The number of rotatable bonds is 1. The molecule has 0 saturated heterocycles. The molecule has 1 aromatic rings. The highest BCUT2D eigenvalue weighted by atomic mass is 79.9. The van der Waals surface area contributed by atoms with Gasteiger partial charge in [0.25, 0.3) is 0 Å². The smallest absolute Gasteiger partial charge is 0.128 e. The third kappa shape index (κ3) is 1.99. The van der Waals surface area contributed by atoms with E-state index in [4.69, 9.17) is 11.6 Å². The van der Waals surface area contributed by atoms with Crippen molar-refractivity contribution < 1.29 is 4.39 Å². The molecule has 1 rings (SSSR count). The fourth-order valence-electron chi connectivity index (χ4n) is 0.980. The van der Waals surface area contributed by atoms with E-state index in [-0.39, 0.29) is 11.7 Å². The van der Waals surface area contributed by atoms with Gasteiger partial charge in [-0.15, -0.1) is 0 Å². The van der Waals surface area contributed by atoms with Gasteiger partial charge in [-0.2, -0.15) is 0 Å². The Morgan fingerprint density at radius 2 is 2.00 bits per heavy atom. The monoisotopic (exact) mass is 250 g/mol. The van der Waals surface area contributed by atoms with Crippen molar-refractivity contribution in [1.82, 2.24) is 0 Å². The summed E-state index contributed by atoms with van der Waals surface area (Å²) < 4.78 is 13.9. The molecule has 0 fully saturated rings. The molecule has 12 heavy (non-hydrogen) atoms. The topological polar surface area (TPSA) is 0 Å². The van der Waals surface area contributed by atoms with Gasteiger partial charge < -0.3 is 0 Å². The lowest BCUT2D eigenvalue weighted by atomic mass is 10.0. The van der Waals surface area contributed by atoms with Gasteiger partial charge in [-0.25, -0.2) is 4.39 Å². The summed E-state index contributed by atoms with van der Waals surface area (Å²) in [6, 6.07) is 3.06. The summed E-state index contributed by atoms with van der Waals surface area (Å²) in [6.45, 7) is 3.89. The molecule has 0 spiro atoms. The normalized spacial score (nSPS) is 10.8. The first-order valence-electron chi connectivity index (χ1n) is 3.67. The number of hydrogen-bond acceptors (Lipinski definition) is 0. The van der Waals surface area contributed by atoms with Gasteiger partial charge >= 0.3 is 0 Å². The second-order valence-electron chi connectivity index (χ2n) is 2.94. The first-order chi connectivity index (χ1) is 5.52. The largest absolute Gasteiger partial charge is 0.207 e. The number of halogens is 3. The van der Waals surface area contributed by atoms with Gasteiger partial charge in [0, 0.05) is 4.47 Å². The Labute approximate surface area is 84.9 Å². The van der Waals surface area contributed by atoms with Crippen LogP contribution in [0.4, 0.5) is 4.39 Å². The summed E-state index contributed by atoms with van der Waals surface area (Å²) in [5.41, 5.74) is 0.686. The van der Waals surface area contributed by atoms with Gasteiger partial charge in [0.15, 0.2) is 0 Å². The van der Waals surface area contributed by atoms with Crippen LogP contribution in [0.2, 0.25) is 5.02 Å².